The summed E-state index contributed by atoms with van der Waals surface area (Å²) in [6, 6.07) is 7.31. The molecule has 0 spiro atoms. The zero-order chi connectivity index (χ0) is 17.6. The summed E-state index contributed by atoms with van der Waals surface area (Å²) in [6.07, 6.45) is 3.77. The molecule has 6 nitrogen and oxygen atoms in total. The molecule has 1 aromatic carbocycles. The number of ether oxygens (including phenoxy) is 2. The first kappa shape index (κ1) is 17.6. The number of nitrogens with one attached hydrogen (secondary N) is 1. The molecule has 0 aromatic heterocycles. The van der Waals surface area contributed by atoms with Crippen LogP contribution in [-0.4, -0.2) is 48.6 Å². The molecule has 2 atom stereocenters. The Morgan fingerprint density at radius 2 is 1.72 bits per heavy atom. The maximum absolute atomic E-state index is 12.4. The third kappa shape index (κ3) is 4.44. The average Bonchev–Trinajstić information content (AvgIpc) is 2.90. The lowest BCUT2D eigenvalue weighted by Gasteiger charge is -2.31. The molecule has 6 heteroatoms. The molecule has 0 saturated carbocycles. The van der Waals surface area contributed by atoms with Crippen molar-refractivity contribution in [3.05, 3.63) is 24.3 Å². The first-order valence-electron chi connectivity index (χ1n) is 9.13. The van der Waals surface area contributed by atoms with Crippen molar-refractivity contribution < 1.29 is 19.1 Å². The highest BCUT2D eigenvalue weighted by atomic mass is 16.6. The van der Waals surface area contributed by atoms with Crippen LogP contribution in [0.4, 0.5) is 0 Å². The molecule has 0 bridgehead atoms. The van der Waals surface area contributed by atoms with Crippen molar-refractivity contribution >= 4 is 11.8 Å². The molecule has 136 valence electrons. The minimum Gasteiger partial charge on any atom is -0.482 e. The molecule has 1 saturated heterocycles. The average molecular weight is 346 g/mol. The van der Waals surface area contributed by atoms with Gasteiger partial charge in [0.15, 0.2) is 11.5 Å². The zero-order valence-corrected chi connectivity index (χ0v) is 14.7. The Balaban J connectivity index is 1.47. The van der Waals surface area contributed by atoms with Gasteiger partial charge in [-0.05, 0) is 31.9 Å². The largest absolute Gasteiger partial charge is 0.482 e. The van der Waals surface area contributed by atoms with Crippen molar-refractivity contribution in [2.75, 3.05) is 19.6 Å². The van der Waals surface area contributed by atoms with E-state index in [0.29, 0.717) is 24.5 Å². The van der Waals surface area contributed by atoms with Crippen LogP contribution in [0.5, 0.6) is 11.5 Å². The maximum atomic E-state index is 12.4. The van der Waals surface area contributed by atoms with Crippen molar-refractivity contribution in [2.24, 2.45) is 0 Å². The van der Waals surface area contributed by atoms with Crippen LogP contribution in [0.1, 0.15) is 39.0 Å². The second-order valence-electron chi connectivity index (χ2n) is 6.64. The number of carbonyl (C=O) groups is 2. The maximum Gasteiger partial charge on any atom is 0.265 e. The van der Waals surface area contributed by atoms with Crippen LogP contribution in [0.25, 0.3) is 0 Å². The summed E-state index contributed by atoms with van der Waals surface area (Å²) in [5.41, 5.74) is 0. The van der Waals surface area contributed by atoms with Gasteiger partial charge in [-0.3, -0.25) is 9.59 Å². The third-order valence-electron chi connectivity index (χ3n) is 4.70. The number of amides is 2. The van der Waals surface area contributed by atoms with Crippen LogP contribution < -0.4 is 14.8 Å². The number of carbonyl (C=O) groups excluding carboxylic acids is 2. The fourth-order valence-corrected chi connectivity index (χ4v) is 3.28. The van der Waals surface area contributed by atoms with Crippen molar-refractivity contribution in [3.8, 4) is 11.5 Å². The first-order valence-corrected chi connectivity index (χ1v) is 9.13. The van der Waals surface area contributed by atoms with E-state index >= 15 is 0 Å². The number of rotatable bonds is 4. The minimum atomic E-state index is -0.705. The van der Waals surface area contributed by atoms with Gasteiger partial charge < -0.3 is 19.7 Å². The van der Waals surface area contributed by atoms with Crippen molar-refractivity contribution in [3.63, 3.8) is 0 Å². The second kappa shape index (κ2) is 8.23. The van der Waals surface area contributed by atoms with E-state index < -0.39 is 6.10 Å². The normalized spacial score (nSPS) is 22.8. The topological polar surface area (TPSA) is 67.9 Å². The smallest absolute Gasteiger partial charge is 0.265 e. The molecule has 0 unspecified atom stereocenters. The standard InChI is InChI=1S/C19H26N2O4/c1-14-18(25-16-9-5-4-8-15(16)24-14)19(23)20-11-10-17(22)21-12-6-2-3-7-13-21/h4-5,8-9,14,18H,2-3,6-7,10-13H2,1H3,(H,20,23)/t14-,18-/m1/s1. The van der Waals surface area contributed by atoms with Gasteiger partial charge in [0, 0.05) is 26.1 Å². The molecule has 1 aromatic rings. The Hall–Kier alpha value is -2.24. The molecule has 1 fully saturated rings. The van der Waals surface area contributed by atoms with Crippen molar-refractivity contribution in [2.45, 2.75) is 51.2 Å². The molecule has 0 radical (unpaired) electrons. The van der Waals surface area contributed by atoms with Gasteiger partial charge in [-0.1, -0.05) is 25.0 Å². The Bertz CT molecular complexity index is 611. The second-order valence-corrected chi connectivity index (χ2v) is 6.64. The van der Waals surface area contributed by atoms with Gasteiger partial charge >= 0.3 is 0 Å². The monoisotopic (exact) mass is 346 g/mol. The third-order valence-corrected chi connectivity index (χ3v) is 4.70. The van der Waals surface area contributed by atoms with Crippen LogP contribution in [-0.2, 0) is 9.59 Å². The summed E-state index contributed by atoms with van der Waals surface area (Å²) in [7, 11) is 0. The quantitative estimate of drug-likeness (QED) is 0.907. The van der Waals surface area contributed by atoms with Crippen LogP contribution in [0.2, 0.25) is 0 Å². The van der Waals surface area contributed by atoms with Gasteiger partial charge in [-0.25, -0.2) is 0 Å². The molecule has 1 N–H and O–H groups in total. The highest BCUT2D eigenvalue weighted by molar-refractivity contribution is 5.83. The van der Waals surface area contributed by atoms with E-state index in [0.717, 1.165) is 25.9 Å². The van der Waals surface area contributed by atoms with Gasteiger partial charge in [0.05, 0.1) is 0 Å². The molecule has 25 heavy (non-hydrogen) atoms. The molecule has 2 aliphatic heterocycles. The lowest BCUT2D eigenvalue weighted by Crippen LogP contribution is -2.49. The Labute approximate surface area is 148 Å². The summed E-state index contributed by atoms with van der Waals surface area (Å²) >= 11 is 0. The van der Waals surface area contributed by atoms with Gasteiger partial charge in [-0.15, -0.1) is 0 Å². The predicted octanol–water partition coefficient (Wildman–Crippen LogP) is 2.12. The van der Waals surface area contributed by atoms with E-state index in [1.165, 1.54) is 12.8 Å². The molecular formula is C19H26N2O4. The first-order chi connectivity index (χ1) is 12.1. The SMILES string of the molecule is C[C@H]1Oc2ccccc2O[C@H]1C(=O)NCCC(=O)N1CCCCCC1. The summed E-state index contributed by atoms with van der Waals surface area (Å²) in [5.74, 6) is 1.09. The van der Waals surface area contributed by atoms with E-state index in [1.54, 1.807) is 6.07 Å². The Kier molecular flexibility index (Phi) is 5.79. The summed E-state index contributed by atoms with van der Waals surface area (Å²) in [6.45, 7) is 3.80. The van der Waals surface area contributed by atoms with Crippen molar-refractivity contribution in [1.29, 1.82) is 0 Å². The predicted molar refractivity (Wildman–Crippen MR) is 93.6 cm³/mol. The van der Waals surface area contributed by atoms with Gasteiger partial charge in [0.1, 0.15) is 6.10 Å². The number of likely N-dealkylation sites (tertiary alicyclic amines) is 1. The van der Waals surface area contributed by atoms with E-state index in [2.05, 4.69) is 5.32 Å². The Morgan fingerprint density at radius 1 is 1.08 bits per heavy atom. The van der Waals surface area contributed by atoms with Crippen LogP contribution in [0.15, 0.2) is 24.3 Å². The molecule has 0 aliphatic carbocycles. The zero-order valence-electron chi connectivity index (χ0n) is 14.7. The van der Waals surface area contributed by atoms with E-state index in [-0.39, 0.29) is 17.9 Å². The molecular weight excluding hydrogens is 320 g/mol. The minimum absolute atomic E-state index is 0.112. The Morgan fingerprint density at radius 3 is 2.40 bits per heavy atom. The van der Waals surface area contributed by atoms with E-state index in [9.17, 15) is 9.59 Å². The van der Waals surface area contributed by atoms with Crippen molar-refractivity contribution in [1.82, 2.24) is 10.2 Å². The number of benzene rings is 1. The molecule has 2 amide bonds. The molecule has 2 aliphatic rings. The molecule has 3 rings (SSSR count). The number of hydrogen-bond acceptors (Lipinski definition) is 4. The summed E-state index contributed by atoms with van der Waals surface area (Å²) < 4.78 is 11.5. The van der Waals surface area contributed by atoms with E-state index in [1.807, 2.05) is 30.0 Å². The van der Waals surface area contributed by atoms with Crippen LogP contribution in [0, 0.1) is 0 Å². The summed E-state index contributed by atoms with van der Waals surface area (Å²) in [5, 5.41) is 2.81. The van der Waals surface area contributed by atoms with Crippen LogP contribution >= 0.6 is 0 Å². The fraction of sp³-hybridized carbons (Fsp3) is 0.579. The summed E-state index contributed by atoms with van der Waals surface area (Å²) in [4.78, 5) is 26.6. The molecule has 2 heterocycles. The fourth-order valence-electron chi connectivity index (χ4n) is 3.28. The van der Waals surface area contributed by atoms with Gasteiger partial charge in [0.2, 0.25) is 12.0 Å². The lowest BCUT2D eigenvalue weighted by atomic mass is 10.1. The highest BCUT2D eigenvalue weighted by Crippen LogP contribution is 2.33. The highest BCUT2D eigenvalue weighted by Gasteiger charge is 2.33. The van der Waals surface area contributed by atoms with Gasteiger partial charge in [0.25, 0.3) is 5.91 Å². The number of hydrogen-bond donors (Lipinski definition) is 1. The van der Waals surface area contributed by atoms with Gasteiger partial charge in [-0.2, -0.15) is 0 Å². The number of para-hydroxylation sites is 2. The number of fused-ring (bicyclic) bond motifs is 1. The number of nitrogens with zero attached hydrogens (tertiary/aromatic N) is 1. The lowest BCUT2D eigenvalue weighted by molar-refractivity contribution is -0.134. The van der Waals surface area contributed by atoms with E-state index in [4.69, 9.17) is 9.47 Å². The van der Waals surface area contributed by atoms with Crippen LogP contribution in [0.3, 0.4) is 0 Å².